The van der Waals surface area contributed by atoms with E-state index in [1.807, 2.05) is 0 Å². The molecule has 9 heteroatoms. The van der Waals surface area contributed by atoms with Gasteiger partial charge in [-0.3, -0.25) is 9.48 Å². The largest absolute Gasteiger partial charge is 0.420 e. The van der Waals surface area contributed by atoms with E-state index >= 15 is 0 Å². The van der Waals surface area contributed by atoms with E-state index in [0.29, 0.717) is 25.2 Å². The molecule has 0 spiro atoms. The molecule has 4 fully saturated rings. The summed E-state index contributed by atoms with van der Waals surface area (Å²) in [5.74, 6) is -2.10. The maximum Gasteiger partial charge on any atom is 0.420 e. The first-order valence-electron chi connectivity index (χ1n) is 7.89. The van der Waals surface area contributed by atoms with Gasteiger partial charge in [-0.1, -0.05) is 0 Å². The lowest BCUT2D eigenvalue weighted by atomic mass is 9.43. The summed E-state index contributed by atoms with van der Waals surface area (Å²) in [4.78, 5) is 11.7. The fourth-order valence-electron chi connectivity index (χ4n) is 4.26. The molecule has 1 heterocycles. The van der Waals surface area contributed by atoms with Crippen molar-refractivity contribution in [3.8, 4) is 0 Å². The van der Waals surface area contributed by atoms with Gasteiger partial charge in [0, 0.05) is 17.9 Å². The number of amides is 1. The zero-order valence-corrected chi connectivity index (χ0v) is 12.6. The van der Waals surface area contributed by atoms with Crippen LogP contribution in [0.4, 0.5) is 22.0 Å². The summed E-state index contributed by atoms with van der Waals surface area (Å²) in [6.07, 6.45) is -5.14. The molecule has 4 saturated carbocycles. The second kappa shape index (κ2) is 4.70. The Balaban J connectivity index is 1.75. The van der Waals surface area contributed by atoms with E-state index < -0.39 is 47.0 Å². The van der Waals surface area contributed by atoms with Gasteiger partial charge in [-0.25, -0.2) is 8.78 Å². The average molecular weight is 349 g/mol. The van der Waals surface area contributed by atoms with Gasteiger partial charge in [-0.05, 0) is 37.5 Å². The minimum absolute atomic E-state index is 0.124. The molecule has 4 nitrogen and oxygen atoms in total. The summed E-state index contributed by atoms with van der Waals surface area (Å²) in [6.45, 7) is -0.129. The zero-order chi connectivity index (χ0) is 17.4. The lowest BCUT2D eigenvalue weighted by Crippen LogP contribution is -2.56. The first-order chi connectivity index (χ1) is 11.1. The Kier molecular flexibility index (Phi) is 3.10. The Morgan fingerprint density at radius 2 is 1.96 bits per heavy atom. The van der Waals surface area contributed by atoms with Crippen molar-refractivity contribution in [3.05, 3.63) is 17.0 Å². The predicted molar refractivity (Wildman–Crippen MR) is 72.4 cm³/mol. The molecule has 4 aliphatic carbocycles. The summed E-state index contributed by atoms with van der Waals surface area (Å²) in [6, 6.07) is 0. The maximum absolute atomic E-state index is 13.6. The molecule has 4 aliphatic rings. The van der Waals surface area contributed by atoms with Crippen LogP contribution in [0.25, 0.3) is 0 Å². The van der Waals surface area contributed by atoms with Crippen LogP contribution in [0.2, 0.25) is 0 Å². The molecule has 1 amide bonds. The van der Waals surface area contributed by atoms with E-state index in [0.717, 1.165) is 4.68 Å². The van der Waals surface area contributed by atoms with Gasteiger partial charge in [0.25, 0.3) is 5.91 Å². The van der Waals surface area contributed by atoms with Crippen LogP contribution in [0.3, 0.4) is 0 Å². The third-order valence-corrected chi connectivity index (χ3v) is 5.72. The molecule has 0 saturated heterocycles. The number of rotatable bonds is 5. The Morgan fingerprint density at radius 1 is 1.33 bits per heavy atom. The van der Waals surface area contributed by atoms with E-state index in [1.54, 1.807) is 0 Å². The SMILES string of the molecule is NC(=O)c1c(C(F)(F)F)c(C23CC(C2)C3)nn1CC1C[C@@H]1C(F)F. The van der Waals surface area contributed by atoms with E-state index in [2.05, 4.69) is 5.10 Å². The minimum atomic E-state index is -4.75. The normalized spacial score (nSPS) is 34.0. The number of alkyl halides is 5. The highest BCUT2D eigenvalue weighted by Gasteiger charge is 2.62. The first-order valence-corrected chi connectivity index (χ1v) is 7.89. The third kappa shape index (κ3) is 2.16. The highest BCUT2D eigenvalue weighted by atomic mass is 19.4. The molecule has 1 aromatic rings. The number of hydrogen-bond acceptors (Lipinski definition) is 2. The van der Waals surface area contributed by atoms with Gasteiger partial charge in [-0.15, -0.1) is 0 Å². The van der Waals surface area contributed by atoms with Crippen molar-refractivity contribution in [2.45, 2.75) is 50.2 Å². The van der Waals surface area contributed by atoms with Crippen LogP contribution in [0.1, 0.15) is 47.4 Å². The molecule has 2 bridgehead atoms. The van der Waals surface area contributed by atoms with Crippen molar-refractivity contribution in [1.82, 2.24) is 9.78 Å². The summed E-state index contributed by atoms with van der Waals surface area (Å²) in [5.41, 5.74) is 2.68. The van der Waals surface area contributed by atoms with Crippen LogP contribution in [0.5, 0.6) is 0 Å². The predicted octanol–water partition coefficient (Wildman–Crippen LogP) is 2.95. The number of halogens is 5. The highest BCUT2D eigenvalue weighted by Crippen LogP contribution is 2.66. The van der Waals surface area contributed by atoms with E-state index in [1.165, 1.54) is 0 Å². The number of carbonyl (C=O) groups excluding carboxylic acids is 1. The molecule has 0 aliphatic heterocycles. The summed E-state index contributed by atoms with van der Waals surface area (Å²) in [7, 11) is 0. The summed E-state index contributed by atoms with van der Waals surface area (Å²) in [5, 5.41) is 4.05. The number of hydrogen-bond donors (Lipinski definition) is 1. The van der Waals surface area contributed by atoms with Crippen molar-refractivity contribution >= 4 is 5.91 Å². The standard InChI is InChI=1S/C15H16F5N3O/c16-12(17)8-1-7(8)5-23-10(13(21)24)9(15(18,19)20)11(22-23)14-2-6(3-14)4-14/h6-8,12H,1-5H2,(H2,21,24)/t6?,7?,8-,14?/m0/s1. The maximum atomic E-state index is 13.6. The quantitative estimate of drug-likeness (QED) is 0.831. The van der Waals surface area contributed by atoms with Gasteiger partial charge in [0.15, 0.2) is 0 Å². The minimum Gasteiger partial charge on any atom is -0.364 e. The van der Waals surface area contributed by atoms with Crippen LogP contribution in [0, 0.1) is 17.8 Å². The number of nitrogens with zero attached hydrogens (tertiary/aromatic N) is 2. The zero-order valence-electron chi connectivity index (χ0n) is 12.6. The van der Waals surface area contributed by atoms with E-state index in [-0.39, 0.29) is 18.7 Å². The lowest BCUT2D eigenvalue weighted by molar-refractivity contribution is -0.142. The molecule has 5 rings (SSSR count). The Hall–Kier alpha value is -1.67. The topological polar surface area (TPSA) is 60.9 Å². The number of carbonyl (C=O) groups is 1. The van der Waals surface area contributed by atoms with Crippen molar-refractivity contribution in [2.75, 3.05) is 0 Å². The second-order valence-corrected chi connectivity index (χ2v) is 7.37. The molecule has 1 unspecified atom stereocenters. The third-order valence-electron chi connectivity index (χ3n) is 5.72. The fraction of sp³-hybridized carbons (Fsp3) is 0.733. The van der Waals surface area contributed by atoms with Gasteiger partial charge in [0.05, 0.1) is 5.69 Å². The lowest BCUT2D eigenvalue weighted by Gasteiger charge is -2.61. The second-order valence-electron chi connectivity index (χ2n) is 7.37. The monoisotopic (exact) mass is 349 g/mol. The van der Waals surface area contributed by atoms with Crippen LogP contribution < -0.4 is 5.73 Å². The van der Waals surface area contributed by atoms with E-state index in [9.17, 15) is 26.7 Å². The number of primary amides is 1. The van der Waals surface area contributed by atoms with Crippen molar-refractivity contribution in [2.24, 2.45) is 23.5 Å². The fourth-order valence-corrected chi connectivity index (χ4v) is 4.26. The van der Waals surface area contributed by atoms with E-state index in [4.69, 9.17) is 5.73 Å². The molecule has 0 aromatic carbocycles. The van der Waals surface area contributed by atoms with Gasteiger partial charge in [0.2, 0.25) is 6.43 Å². The molecule has 132 valence electrons. The van der Waals surface area contributed by atoms with Gasteiger partial charge in [0.1, 0.15) is 11.3 Å². The van der Waals surface area contributed by atoms with Gasteiger partial charge >= 0.3 is 6.18 Å². The molecule has 2 atom stereocenters. The molecular weight excluding hydrogens is 333 g/mol. The molecule has 24 heavy (non-hydrogen) atoms. The van der Waals surface area contributed by atoms with Crippen LogP contribution in [0.15, 0.2) is 0 Å². The molecule has 0 radical (unpaired) electrons. The molecular formula is C15H16F5N3O. The molecule has 2 N–H and O–H groups in total. The van der Waals surface area contributed by atoms with Crippen molar-refractivity contribution < 1.29 is 26.7 Å². The number of nitrogens with two attached hydrogens (primary N) is 1. The summed E-state index contributed by atoms with van der Waals surface area (Å²) < 4.78 is 67.0. The van der Waals surface area contributed by atoms with Crippen molar-refractivity contribution in [1.29, 1.82) is 0 Å². The Bertz CT molecular complexity index is 694. The highest BCUT2D eigenvalue weighted by molar-refractivity contribution is 5.93. The van der Waals surface area contributed by atoms with Crippen LogP contribution in [-0.4, -0.2) is 22.1 Å². The first kappa shape index (κ1) is 15.8. The molecule has 1 aromatic heterocycles. The Morgan fingerprint density at radius 3 is 2.33 bits per heavy atom. The Labute approximate surface area is 134 Å². The average Bonchev–Trinajstić information content (AvgIpc) is 2.97. The number of aromatic nitrogens is 2. The van der Waals surface area contributed by atoms with Crippen molar-refractivity contribution in [3.63, 3.8) is 0 Å². The van der Waals surface area contributed by atoms with Gasteiger partial charge < -0.3 is 5.73 Å². The smallest absolute Gasteiger partial charge is 0.364 e. The van der Waals surface area contributed by atoms with Gasteiger partial charge in [-0.2, -0.15) is 18.3 Å². The van der Waals surface area contributed by atoms with Crippen LogP contribution in [-0.2, 0) is 18.1 Å². The summed E-state index contributed by atoms with van der Waals surface area (Å²) >= 11 is 0. The van der Waals surface area contributed by atoms with Crippen LogP contribution >= 0.6 is 0 Å².